The summed E-state index contributed by atoms with van der Waals surface area (Å²) in [6.07, 6.45) is 1.00. The van der Waals surface area contributed by atoms with E-state index in [0.29, 0.717) is 12.0 Å². The van der Waals surface area contributed by atoms with E-state index in [0.717, 1.165) is 18.0 Å². The normalized spacial score (nSPS) is 12.6. The van der Waals surface area contributed by atoms with Crippen LogP contribution < -0.4 is 5.32 Å². The Balaban J connectivity index is 2.17. The van der Waals surface area contributed by atoms with Crippen LogP contribution in [0.4, 0.5) is 0 Å². The highest BCUT2D eigenvalue weighted by Crippen LogP contribution is 2.22. The maximum atomic E-state index is 6.11. The average molecular weight is 302 g/mol. The monoisotopic (exact) mass is 301 g/mol. The fraction of sp³-hybridized carbons (Fsp3) is 0.368. The summed E-state index contributed by atoms with van der Waals surface area (Å²) in [6, 6.07) is 17.5. The third-order valence-corrected chi connectivity index (χ3v) is 3.93. The Morgan fingerprint density at radius 2 is 1.76 bits per heavy atom. The smallest absolute Gasteiger partial charge is 0.0408 e. The number of rotatable bonds is 6. The van der Waals surface area contributed by atoms with E-state index in [1.54, 1.807) is 0 Å². The van der Waals surface area contributed by atoms with E-state index in [4.69, 9.17) is 11.6 Å². The van der Waals surface area contributed by atoms with Gasteiger partial charge in [-0.2, -0.15) is 0 Å². The van der Waals surface area contributed by atoms with Crippen LogP contribution in [0.1, 0.15) is 36.5 Å². The van der Waals surface area contributed by atoms with Gasteiger partial charge in [0.15, 0.2) is 0 Å². The van der Waals surface area contributed by atoms with Crippen LogP contribution >= 0.6 is 11.6 Å². The van der Waals surface area contributed by atoms with Crippen molar-refractivity contribution >= 4 is 11.6 Å². The largest absolute Gasteiger partial charge is 0.314 e. The van der Waals surface area contributed by atoms with Gasteiger partial charge in [-0.3, -0.25) is 0 Å². The van der Waals surface area contributed by atoms with E-state index < -0.39 is 0 Å². The first-order valence-electron chi connectivity index (χ1n) is 7.59. The summed E-state index contributed by atoms with van der Waals surface area (Å²) in [5.41, 5.74) is 3.98. The highest BCUT2D eigenvalue weighted by atomic mass is 35.5. The maximum absolute atomic E-state index is 6.11. The minimum Gasteiger partial charge on any atom is -0.314 e. The van der Waals surface area contributed by atoms with E-state index in [2.05, 4.69) is 62.5 Å². The number of hydrogen-bond acceptors (Lipinski definition) is 1. The van der Waals surface area contributed by atoms with Gasteiger partial charge in [-0.25, -0.2) is 0 Å². The van der Waals surface area contributed by atoms with E-state index in [1.165, 1.54) is 16.7 Å². The molecule has 0 saturated carbocycles. The molecule has 0 radical (unpaired) electrons. The molecule has 0 bridgehead atoms. The molecule has 0 aromatic heterocycles. The van der Waals surface area contributed by atoms with Gasteiger partial charge in [0.1, 0.15) is 0 Å². The van der Waals surface area contributed by atoms with E-state index >= 15 is 0 Å². The topological polar surface area (TPSA) is 12.0 Å². The van der Waals surface area contributed by atoms with Crippen molar-refractivity contribution in [2.24, 2.45) is 0 Å². The fourth-order valence-corrected chi connectivity index (χ4v) is 2.69. The number of halogens is 1. The second kappa shape index (κ2) is 7.63. The predicted octanol–water partition coefficient (Wildman–Crippen LogP) is 4.97. The average Bonchev–Trinajstić information content (AvgIpc) is 2.44. The molecule has 2 aromatic carbocycles. The Morgan fingerprint density at radius 1 is 1.05 bits per heavy atom. The third-order valence-electron chi connectivity index (χ3n) is 3.69. The molecule has 1 N–H and O–H groups in total. The zero-order valence-electron chi connectivity index (χ0n) is 13.1. The van der Waals surface area contributed by atoms with Crippen molar-refractivity contribution in [3.05, 3.63) is 70.2 Å². The summed E-state index contributed by atoms with van der Waals surface area (Å²) < 4.78 is 0. The molecular weight excluding hydrogens is 278 g/mol. The Kier molecular flexibility index (Phi) is 5.84. The minimum atomic E-state index is 0.464. The molecule has 2 rings (SSSR count). The van der Waals surface area contributed by atoms with Crippen LogP contribution in [-0.4, -0.2) is 12.6 Å². The van der Waals surface area contributed by atoms with Crippen LogP contribution in [0.2, 0.25) is 5.02 Å². The lowest BCUT2D eigenvalue weighted by atomic mass is 9.91. The van der Waals surface area contributed by atoms with Gasteiger partial charge in [0, 0.05) is 23.5 Å². The summed E-state index contributed by atoms with van der Waals surface area (Å²) in [7, 11) is 0. The lowest BCUT2D eigenvalue weighted by molar-refractivity contribution is 0.527. The van der Waals surface area contributed by atoms with E-state index in [9.17, 15) is 0 Å². The molecule has 0 aliphatic rings. The molecule has 0 amide bonds. The number of nitrogens with one attached hydrogen (secondary N) is 1. The molecule has 1 nitrogen and oxygen atoms in total. The molecule has 1 unspecified atom stereocenters. The number of aryl methyl sites for hydroxylation is 1. The summed E-state index contributed by atoms with van der Waals surface area (Å²) in [6.45, 7) is 7.48. The van der Waals surface area contributed by atoms with Crippen LogP contribution in [-0.2, 0) is 6.42 Å². The quantitative estimate of drug-likeness (QED) is 0.794. The van der Waals surface area contributed by atoms with Gasteiger partial charge in [-0.15, -0.1) is 0 Å². The Bertz CT molecular complexity index is 560. The highest BCUT2D eigenvalue weighted by Gasteiger charge is 2.13. The summed E-state index contributed by atoms with van der Waals surface area (Å²) in [5, 5.41) is 4.37. The minimum absolute atomic E-state index is 0.464. The van der Waals surface area contributed by atoms with Crippen LogP contribution in [0.15, 0.2) is 48.5 Å². The Morgan fingerprint density at radius 3 is 2.38 bits per heavy atom. The molecule has 2 aromatic rings. The molecule has 1 atom stereocenters. The number of benzene rings is 2. The van der Waals surface area contributed by atoms with Crippen molar-refractivity contribution in [1.29, 1.82) is 0 Å². The molecule has 2 heteroatoms. The third kappa shape index (κ3) is 5.18. The molecule has 0 fully saturated rings. The van der Waals surface area contributed by atoms with Gasteiger partial charge in [0.25, 0.3) is 0 Å². The van der Waals surface area contributed by atoms with Gasteiger partial charge in [0.05, 0.1) is 0 Å². The van der Waals surface area contributed by atoms with Gasteiger partial charge < -0.3 is 5.32 Å². The van der Waals surface area contributed by atoms with Crippen molar-refractivity contribution in [2.45, 2.75) is 39.2 Å². The van der Waals surface area contributed by atoms with Crippen molar-refractivity contribution in [2.75, 3.05) is 6.54 Å². The second-order valence-corrected chi connectivity index (χ2v) is 6.44. The first kappa shape index (κ1) is 16.1. The summed E-state index contributed by atoms with van der Waals surface area (Å²) >= 11 is 6.11. The van der Waals surface area contributed by atoms with Gasteiger partial charge in [0.2, 0.25) is 0 Å². The van der Waals surface area contributed by atoms with Crippen LogP contribution in [0.25, 0.3) is 0 Å². The molecular formula is C19H24ClN. The molecule has 21 heavy (non-hydrogen) atoms. The second-order valence-electron chi connectivity index (χ2n) is 6.00. The molecule has 0 aliphatic carbocycles. The van der Waals surface area contributed by atoms with Crippen molar-refractivity contribution in [1.82, 2.24) is 5.32 Å². The zero-order chi connectivity index (χ0) is 15.2. The van der Waals surface area contributed by atoms with Crippen LogP contribution in [0.3, 0.4) is 0 Å². The highest BCUT2D eigenvalue weighted by molar-refractivity contribution is 6.30. The zero-order valence-corrected chi connectivity index (χ0v) is 13.8. The van der Waals surface area contributed by atoms with Crippen LogP contribution in [0, 0.1) is 6.92 Å². The van der Waals surface area contributed by atoms with Crippen molar-refractivity contribution in [3.8, 4) is 0 Å². The maximum Gasteiger partial charge on any atom is 0.0408 e. The Labute approximate surface area is 133 Å². The fourth-order valence-electron chi connectivity index (χ4n) is 2.47. The van der Waals surface area contributed by atoms with E-state index in [-0.39, 0.29) is 0 Å². The van der Waals surface area contributed by atoms with Gasteiger partial charge in [-0.1, -0.05) is 67.4 Å². The number of hydrogen-bond donors (Lipinski definition) is 1. The SMILES string of the molecule is Cc1ccc(C(CNC(C)C)Cc2cccc(Cl)c2)cc1. The Hall–Kier alpha value is -1.31. The predicted molar refractivity (Wildman–Crippen MR) is 92.2 cm³/mol. The molecule has 0 spiro atoms. The van der Waals surface area contributed by atoms with Gasteiger partial charge >= 0.3 is 0 Å². The van der Waals surface area contributed by atoms with Gasteiger partial charge in [-0.05, 0) is 36.6 Å². The first-order chi connectivity index (χ1) is 10.0. The molecule has 0 saturated heterocycles. The first-order valence-corrected chi connectivity index (χ1v) is 7.97. The summed E-state index contributed by atoms with van der Waals surface area (Å²) in [4.78, 5) is 0. The van der Waals surface area contributed by atoms with Crippen molar-refractivity contribution in [3.63, 3.8) is 0 Å². The van der Waals surface area contributed by atoms with Crippen molar-refractivity contribution < 1.29 is 0 Å². The van der Waals surface area contributed by atoms with E-state index in [1.807, 2.05) is 12.1 Å². The molecule has 0 aliphatic heterocycles. The molecule has 112 valence electrons. The lowest BCUT2D eigenvalue weighted by Crippen LogP contribution is -2.29. The molecule has 0 heterocycles. The van der Waals surface area contributed by atoms with Crippen LogP contribution in [0.5, 0.6) is 0 Å². The summed E-state index contributed by atoms with van der Waals surface area (Å²) in [5.74, 6) is 0.464. The lowest BCUT2D eigenvalue weighted by Gasteiger charge is -2.20. The standard InChI is InChI=1S/C19H24ClN/c1-14(2)21-13-18(17-9-7-15(3)8-10-17)11-16-5-4-6-19(20)12-16/h4-10,12,14,18,21H,11,13H2,1-3H3.